The van der Waals surface area contributed by atoms with Gasteiger partial charge in [0, 0.05) is 0 Å². The van der Waals surface area contributed by atoms with Crippen molar-refractivity contribution in [1.29, 1.82) is 0 Å². The number of benzene rings is 1. The Labute approximate surface area is 71.9 Å². The van der Waals surface area contributed by atoms with Gasteiger partial charge in [0.25, 0.3) is 0 Å². The van der Waals surface area contributed by atoms with Crippen LogP contribution in [0, 0.1) is 11.6 Å². The highest BCUT2D eigenvalue weighted by Crippen LogP contribution is 2.33. The van der Waals surface area contributed by atoms with Gasteiger partial charge < -0.3 is 9.47 Å². The number of hydrogen-bond acceptors (Lipinski definition) is 3. The van der Waals surface area contributed by atoms with Crippen LogP contribution < -0.4 is 9.47 Å². The van der Waals surface area contributed by atoms with Crippen LogP contribution in [0.1, 0.15) is 10.4 Å². The molecule has 0 aromatic heterocycles. The Bertz CT molecular complexity index is 376. The first-order chi connectivity index (χ1) is 6.24. The van der Waals surface area contributed by atoms with E-state index < -0.39 is 17.4 Å². The Hall–Kier alpha value is -1.65. The van der Waals surface area contributed by atoms with Crippen molar-refractivity contribution in [3.05, 3.63) is 23.3 Å². The molecule has 0 amide bonds. The summed E-state index contributed by atoms with van der Waals surface area (Å²) in [6, 6.07) is 1.10. The summed E-state index contributed by atoms with van der Waals surface area (Å²) in [5, 5.41) is 0. The maximum Gasteiger partial charge on any atom is 0.231 e. The molecule has 0 radical (unpaired) electrons. The number of carbonyl (C=O) groups excluding carboxylic acids is 1. The Morgan fingerprint density at radius 3 is 2.77 bits per heavy atom. The Morgan fingerprint density at radius 2 is 2.08 bits per heavy atom. The molecule has 68 valence electrons. The standard InChI is InChI=1S/C8H4F2O3/c9-6-5-1-4(2-11)8(7(6)10)13-3-12-5/h1-2H,3H2. The molecule has 2 heterocycles. The average molecular weight is 186 g/mol. The van der Waals surface area contributed by atoms with Crippen LogP contribution in [-0.4, -0.2) is 13.1 Å². The number of rotatable bonds is 1. The van der Waals surface area contributed by atoms with Crippen molar-refractivity contribution in [2.45, 2.75) is 0 Å². The van der Waals surface area contributed by atoms with E-state index in [2.05, 4.69) is 9.47 Å². The summed E-state index contributed by atoms with van der Waals surface area (Å²) in [6.45, 7) is -0.292. The molecule has 1 aromatic carbocycles. The maximum absolute atomic E-state index is 13.0. The van der Waals surface area contributed by atoms with Crippen LogP contribution in [0.4, 0.5) is 8.78 Å². The molecule has 1 aromatic rings. The quantitative estimate of drug-likeness (QED) is 0.623. The fraction of sp³-hybridized carbons (Fsp3) is 0.125. The SMILES string of the molecule is O=Cc1cc2c(F)c(F)c1OCO2. The second kappa shape index (κ2) is 2.69. The van der Waals surface area contributed by atoms with Gasteiger partial charge in [-0.3, -0.25) is 4.79 Å². The molecular weight excluding hydrogens is 182 g/mol. The van der Waals surface area contributed by atoms with Crippen LogP contribution in [0.3, 0.4) is 0 Å². The molecule has 13 heavy (non-hydrogen) atoms. The lowest BCUT2D eigenvalue weighted by Crippen LogP contribution is -2.02. The van der Waals surface area contributed by atoms with E-state index in [1.807, 2.05) is 0 Å². The summed E-state index contributed by atoms with van der Waals surface area (Å²) in [5.74, 6) is -3.01. The van der Waals surface area contributed by atoms with Crippen molar-refractivity contribution in [2.24, 2.45) is 0 Å². The van der Waals surface area contributed by atoms with Crippen LogP contribution in [0.5, 0.6) is 11.5 Å². The summed E-state index contributed by atoms with van der Waals surface area (Å²) in [5.41, 5.74) is -0.0496. The second-order valence-electron chi connectivity index (χ2n) is 2.45. The molecule has 2 bridgehead atoms. The lowest BCUT2D eigenvalue weighted by atomic mass is 10.2. The average Bonchev–Trinajstić information content (AvgIpc) is 2.42. The summed E-state index contributed by atoms with van der Waals surface area (Å²) in [7, 11) is 0. The first kappa shape index (κ1) is 7.97. The molecule has 0 aliphatic carbocycles. The third kappa shape index (κ3) is 1.04. The lowest BCUT2D eigenvalue weighted by Gasteiger charge is -2.01. The highest BCUT2D eigenvalue weighted by molar-refractivity contribution is 5.80. The highest BCUT2D eigenvalue weighted by Gasteiger charge is 2.23. The third-order valence-electron chi connectivity index (χ3n) is 1.70. The number of carbonyl (C=O) groups is 1. The summed E-state index contributed by atoms with van der Waals surface area (Å²) < 4.78 is 35.3. The summed E-state index contributed by atoms with van der Waals surface area (Å²) in [6.07, 6.45) is 0.385. The van der Waals surface area contributed by atoms with Crippen molar-refractivity contribution in [1.82, 2.24) is 0 Å². The van der Waals surface area contributed by atoms with Crippen molar-refractivity contribution < 1.29 is 23.0 Å². The van der Waals surface area contributed by atoms with E-state index >= 15 is 0 Å². The zero-order valence-electron chi connectivity index (χ0n) is 6.34. The molecule has 3 rings (SSSR count). The normalized spacial score (nSPS) is 13.1. The monoisotopic (exact) mass is 186 g/mol. The number of aldehydes is 1. The van der Waals surface area contributed by atoms with Gasteiger partial charge in [-0.15, -0.1) is 0 Å². The largest absolute Gasteiger partial charge is 0.454 e. The fourth-order valence-electron chi connectivity index (χ4n) is 1.10. The van der Waals surface area contributed by atoms with Crippen LogP contribution in [0.15, 0.2) is 6.07 Å². The van der Waals surface area contributed by atoms with E-state index in [1.54, 1.807) is 0 Å². The molecule has 3 nitrogen and oxygen atoms in total. The van der Waals surface area contributed by atoms with E-state index in [9.17, 15) is 13.6 Å². The van der Waals surface area contributed by atoms with Crippen molar-refractivity contribution in [3.63, 3.8) is 0 Å². The molecule has 2 aliphatic rings. The minimum atomic E-state index is -1.18. The van der Waals surface area contributed by atoms with Gasteiger partial charge in [-0.2, -0.15) is 8.78 Å². The predicted octanol–water partition coefficient (Wildman–Crippen LogP) is 1.51. The van der Waals surface area contributed by atoms with E-state index in [0.29, 0.717) is 6.29 Å². The smallest absolute Gasteiger partial charge is 0.231 e. The highest BCUT2D eigenvalue weighted by atomic mass is 19.2. The first-order valence-electron chi connectivity index (χ1n) is 3.47. The fourth-order valence-corrected chi connectivity index (χ4v) is 1.10. The van der Waals surface area contributed by atoms with Crippen LogP contribution in [-0.2, 0) is 0 Å². The summed E-state index contributed by atoms with van der Waals surface area (Å²) >= 11 is 0. The minimum absolute atomic E-state index is 0.0496. The second-order valence-corrected chi connectivity index (χ2v) is 2.45. The van der Waals surface area contributed by atoms with Crippen LogP contribution in [0.25, 0.3) is 0 Å². The molecule has 0 unspecified atom stereocenters. The molecule has 0 atom stereocenters. The van der Waals surface area contributed by atoms with Gasteiger partial charge >= 0.3 is 0 Å². The number of hydrogen-bond donors (Lipinski definition) is 0. The van der Waals surface area contributed by atoms with Gasteiger partial charge in [-0.1, -0.05) is 0 Å². The Balaban J connectivity index is 2.74. The lowest BCUT2D eigenvalue weighted by molar-refractivity contribution is 0.110. The molecular formula is C8H4F2O3. The molecule has 0 saturated carbocycles. The topological polar surface area (TPSA) is 35.5 Å². The van der Waals surface area contributed by atoms with E-state index in [-0.39, 0.29) is 18.1 Å². The maximum atomic E-state index is 13.0. The minimum Gasteiger partial charge on any atom is -0.454 e. The predicted molar refractivity (Wildman–Crippen MR) is 37.9 cm³/mol. The molecule has 2 aliphatic heterocycles. The molecule has 0 saturated heterocycles. The van der Waals surface area contributed by atoms with Crippen molar-refractivity contribution >= 4 is 6.29 Å². The van der Waals surface area contributed by atoms with E-state index in [4.69, 9.17) is 0 Å². The van der Waals surface area contributed by atoms with Crippen molar-refractivity contribution in [2.75, 3.05) is 6.79 Å². The van der Waals surface area contributed by atoms with Crippen LogP contribution in [0.2, 0.25) is 0 Å². The third-order valence-corrected chi connectivity index (χ3v) is 1.70. The number of ether oxygens (including phenoxy) is 2. The van der Waals surface area contributed by atoms with Crippen LogP contribution >= 0.6 is 0 Å². The van der Waals surface area contributed by atoms with Gasteiger partial charge in [-0.05, 0) is 6.07 Å². The van der Waals surface area contributed by atoms with Gasteiger partial charge in [0.1, 0.15) is 0 Å². The van der Waals surface area contributed by atoms with Gasteiger partial charge in [-0.25, -0.2) is 0 Å². The zero-order valence-corrected chi connectivity index (χ0v) is 6.34. The molecule has 0 fully saturated rings. The Morgan fingerprint density at radius 1 is 1.31 bits per heavy atom. The number of fused-ring (bicyclic) bond motifs is 4. The Kier molecular flexibility index (Phi) is 1.65. The van der Waals surface area contributed by atoms with Gasteiger partial charge in [0.05, 0.1) is 5.56 Å². The molecule has 0 N–H and O–H groups in total. The zero-order chi connectivity index (χ0) is 9.42. The van der Waals surface area contributed by atoms with Gasteiger partial charge in [0.15, 0.2) is 17.8 Å². The number of halogens is 2. The van der Waals surface area contributed by atoms with E-state index in [0.717, 1.165) is 6.07 Å². The first-order valence-corrected chi connectivity index (χ1v) is 3.47. The van der Waals surface area contributed by atoms with Gasteiger partial charge in [0.2, 0.25) is 18.4 Å². The summed E-state index contributed by atoms with van der Waals surface area (Å²) in [4.78, 5) is 10.4. The molecule has 5 heteroatoms. The van der Waals surface area contributed by atoms with Crippen molar-refractivity contribution in [3.8, 4) is 11.5 Å². The van der Waals surface area contributed by atoms with E-state index in [1.165, 1.54) is 0 Å². The molecule has 0 spiro atoms.